The van der Waals surface area contributed by atoms with Crippen LogP contribution in [-0.4, -0.2) is 36.1 Å². The number of amides is 1. The molecule has 1 amide bonds. The van der Waals surface area contributed by atoms with E-state index in [2.05, 4.69) is 0 Å². The van der Waals surface area contributed by atoms with Crippen LogP contribution in [0.3, 0.4) is 0 Å². The highest BCUT2D eigenvalue weighted by molar-refractivity contribution is 5.76. The van der Waals surface area contributed by atoms with Crippen LogP contribution in [0.15, 0.2) is 0 Å². The maximum atomic E-state index is 12.0. The molecular weight excluding hydrogens is 233 g/mol. The molecular formula is C11H19F3N2O. The lowest BCUT2D eigenvalue weighted by molar-refractivity contribution is -0.150. The van der Waals surface area contributed by atoms with Gasteiger partial charge in [0.05, 0.1) is 6.42 Å². The van der Waals surface area contributed by atoms with Gasteiger partial charge in [-0.15, -0.1) is 0 Å². The van der Waals surface area contributed by atoms with E-state index in [1.165, 1.54) is 0 Å². The Balaban J connectivity index is 2.52. The molecule has 1 fully saturated rings. The Bertz CT molecular complexity index is 256. The Morgan fingerprint density at radius 3 is 2.59 bits per heavy atom. The fourth-order valence-corrected chi connectivity index (χ4v) is 2.14. The minimum absolute atomic E-state index is 0.0850. The minimum Gasteiger partial charge on any atom is -0.338 e. The van der Waals surface area contributed by atoms with E-state index in [1.807, 2.05) is 0 Å². The summed E-state index contributed by atoms with van der Waals surface area (Å²) in [6.07, 6.45) is -2.10. The number of carbonyl (C=O) groups excluding carboxylic acids is 1. The van der Waals surface area contributed by atoms with Crippen LogP contribution in [0.4, 0.5) is 13.2 Å². The third kappa shape index (κ3) is 4.93. The van der Waals surface area contributed by atoms with Crippen molar-refractivity contribution in [2.75, 3.05) is 13.1 Å². The molecule has 17 heavy (non-hydrogen) atoms. The highest BCUT2D eigenvalue weighted by Crippen LogP contribution is 2.23. The zero-order valence-corrected chi connectivity index (χ0v) is 9.80. The lowest BCUT2D eigenvalue weighted by Gasteiger charge is -2.29. The first-order valence-corrected chi connectivity index (χ1v) is 6.00. The second-order valence-electron chi connectivity index (χ2n) is 4.44. The molecule has 100 valence electrons. The molecule has 1 rings (SSSR count). The number of rotatable bonds is 3. The van der Waals surface area contributed by atoms with Gasteiger partial charge in [-0.1, -0.05) is 12.8 Å². The van der Waals surface area contributed by atoms with Gasteiger partial charge in [-0.3, -0.25) is 4.79 Å². The van der Waals surface area contributed by atoms with Crippen molar-refractivity contribution < 1.29 is 18.0 Å². The molecule has 2 N–H and O–H groups in total. The van der Waals surface area contributed by atoms with Crippen molar-refractivity contribution in [1.29, 1.82) is 0 Å². The van der Waals surface area contributed by atoms with Crippen molar-refractivity contribution in [1.82, 2.24) is 4.90 Å². The molecule has 1 saturated heterocycles. The molecule has 0 spiro atoms. The van der Waals surface area contributed by atoms with Gasteiger partial charge in [-0.05, 0) is 12.8 Å². The first kappa shape index (κ1) is 14.3. The molecule has 3 nitrogen and oxygen atoms in total. The van der Waals surface area contributed by atoms with Gasteiger partial charge in [0.2, 0.25) is 5.91 Å². The molecule has 0 aromatic rings. The van der Waals surface area contributed by atoms with Gasteiger partial charge in [0.25, 0.3) is 0 Å². The molecule has 0 radical (unpaired) electrons. The van der Waals surface area contributed by atoms with E-state index < -0.39 is 24.9 Å². The van der Waals surface area contributed by atoms with E-state index in [1.54, 1.807) is 4.90 Å². The van der Waals surface area contributed by atoms with Crippen LogP contribution in [0.2, 0.25) is 0 Å². The lowest BCUT2D eigenvalue weighted by Crippen LogP contribution is -2.44. The smallest absolute Gasteiger partial charge is 0.338 e. The van der Waals surface area contributed by atoms with E-state index in [4.69, 9.17) is 5.73 Å². The molecule has 6 heteroatoms. The zero-order chi connectivity index (χ0) is 12.9. The van der Waals surface area contributed by atoms with Crippen molar-refractivity contribution in [2.24, 2.45) is 5.73 Å². The average Bonchev–Trinajstić information content (AvgIpc) is 2.49. The minimum atomic E-state index is -4.26. The quantitative estimate of drug-likeness (QED) is 0.835. The monoisotopic (exact) mass is 252 g/mol. The molecule has 1 atom stereocenters. The van der Waals surface area contributed by atoms with Crippen molar-refractivity contribution >= 4 is 5.91 Å². The van der Waals surface area contributed by atoms with Gasteiger partial charge < -0.3 is 10.6 Å². The third-order valence-corrected chi connectivity index (χ3v) is 3.09. The summed E-state index contributed by atoms with van der Waals surface area (Å²) in [5.41, 5.74) is 5.57. The van der Waals surface area contributed by atoms with Crippen molar-refractivity contribution in [3.05, 3.63) is 0 Å². The SMILES string of the molecule is NCC1CCCCCN1C(=O)CCC(F)(F)F. The van der Waals surface area contributed by atoms with E-state index in [-0.39, 0.29) is 6.04 Å². The number of hydrogen-bond acceptors (Lipinski definition) is 2. The summed E-state index contributed by atoms with van der Waals surface area (Å²) in [5.74, 6) is -0.417. The normalized spacial score (nSPS) is 22.4. The van der Waals surface area contributed by atoms with Crippen LogP contribution in [0, 0.1) is 0 Å². The summed E-state index contributed by atoms with van der Waals surface area (Å²) in [5, 5.41) is 0. The number of hydrogen-bond donors (Lipinski definition) is 1. The maximum absolute atomic E-state index is 12.0. The van der Waals surface area contributed by atoms with Crippen molar-refractivity contribution in [2.45, 2.75) is 50.7 Å². The van der Waals surface area contributed by atoms with Gasteiger partial charge >= 0.3 is 6.18 Å². The lowest BCUT2D eigenvalue weighted by atomic mass is 10.1. The molecule has 0 bridgehead atoms. The van der Waals surface area contributed by atoms with E-state index in [0.29, 0.717) is 13.1 Å². The summed E-state index contributed by atoms with van der Waals surface area (Å²) in [6.45, 7) is 0.871. The van der Waals surface area contributed by atoms with E-state index in [0.717, 1.165) is 25.7 Å². The second-order valence-corrected chi connectivity index (χ2v) is 4.44. The summed E-state index contributed by atoms with van der Waals surface area (Å²) < 4.78 is 36.1. The molecule has 0 aromatic heterocycles. The van der Waals surface area contributed by atoms with E-state index in [9.17, 15) is 18.0 Å². The number of halogens is 3. The van der Waals surface area contributed by atoms with Gasteiger partial charge in [0.1, 0.15) is 0 Å². The molecule has 0 saturated carbocycles. The van der Waals surface area contributed by atoms with Gasteiger partial charge in [-0.2, -0.15) is 13.2 Å². The Morgan fingerprint density at radius 2 is 2.00 bits per heavy atom. The molecule has 1 aliphatic heterocycles. The summed E-state index contributed by atoms with van der Waals surface area (Å²) in [4.78, 5) is 13.3. The first-order valence-electron chi connectivity index (χ1n) is 6.00. The average molecular weight is 252 g/mol. The Kier molecular flexibility index (Phi) is 5.24. The number of likely N-dealkylation sites (tertiary alicyclic amines) is 1. The van der Waals surface area contributed by atoms with Crippen molar-refractivity contribution in [3.63, 3.8) is 0 Å². The number of nitrogens with two attached hydrogens (primary N) is 1. The third-order valence-electron chi connectivity index (χ3n) is 3.09. The highest BCUT2D eigenvalue weighted by Gasteiger charge is 2.31. The number of nitrogens with zero attached hydrogens (tertiary/aromatic N) is 1. The topological polar surface area (TPSA) is 46.3 Å². The largest absolute Gasteiger partial charge is 0.389 e. The fraction of sp³-hybridized carbons (Fsp3) is 0.909. The first-order chi connectivity index (χ1) is 7.94. The van der Waals surface area contributed by atoms with Gasteiger partial charge in [-0.25, -0.2) is 0 Å². The molecule has 1 aliphatic rings. The Morgan fingerprint density at radius 1 is 1.29 bits per heavy atom. The summed E-state index contributed by atoms with van der Waals surface area (Å²) in [6, 6.07) is -0.0850. The fourth-order valence-electron chi connectivity index (χ4n) is 2.14. The molecule has 1 unspecified atom stereocenters. The predicted molar refractivity (Wildman–Crippen MR) is 58.3 cm³/mol. The Hall–Kier alpha value is -0.780. The molecule has 0 aliphatic carbocycles. The van der Waals surface area contributed by atoms with Crippen LogP contribution in [0.25, 0.3) is 0 Å². The predicted octanol–water partition coefficient (Wildman–Crippen LogP) is 2.06. The van der Waals surface area contributed by atoms with Crippen LogP contribution < -0.4 is 5.73 Å². The van der Waals surface area contributed by atoms with E-state index >= 15 is 0 Å². The molecule has 0 aromatic carbocycles. The molecule has 1 heterocycles. The standard InChI is InChI=1S/C11H19F3N2O/c12-11(13,14)6-5-10(17)16-7-3-1-2-4-9(16)8-15/h9H,1-8,15H2. The number of carbonyl (C=O) groups is 1. The van der Waals surface area contributed by atoms with Crippen molar-refractivity contribution in [3.8, 4) is 0 Å². The van der Waals surface area contributed by atoms with Crippen LogP contribution >= 0.6 is 0 Å². The Labute approximate surface area is 99.1 Å². The van der Waals surface area contributed by atoms with Gasteiger partial charge in [0.15, 0.2) is 0 Å². The van der Waals surface area contributed by atoms with Crippen LogP contribution in [-0.2, 0) is 4.79 Å². The maximum Gasteiger partial charge on any atom is 0.389 e. The second kappa shape index (κ2) is 6.23. The van der Waals surface area contributed by atoms with Crippen LogP contribution in [0.1, 0.15) is 38.5 Å². The van der Waals surface area contributed by atoms with Crippen LogP contribution in [0.5, 0.6) is 0 Å². The summed E-state index contributed by atoms with van der Waals surface area (Å²) >= 11 is 0. The highest BCUT2D eigenvalue weighted by atomic mass is 19.4. The van der Waals surface area contributed by atoms with Gasteiger partial charge in [0, 0.05) is 25.6 Å². The number of alkyl halides is 3. The summed E-state index contributed by atoms with van der Waals surface area (Å²) in [7, 11) is 0. The zero-order valence-electron chi connectivity index (χ0n) is 9.80.